The van der Waals surface area contributed by atoms with E-state index in [1.807, 2.05) is 24.0 Å². The zero-order valence-corrected chi connectivity index (χ0v) is 15.4. The van der Waals surface area contributed by atoms with Crippen molar-refractivity contribution in [2.24, 2.45) is 5.92 Å². The molecule has 26 heavy (non-hydrogen) atoms. The van der Waals surface area contributed by atoms with Crippen molar-refractivity contribution in [1.29, 1.82) is 0 Å². The summed E-state index contributed by atoms with van der Waals surface area (Å²) in [5, 5.41) is 2.73. The number of hydrogen-bond donors (Lipinski definition) is 1. The molecule has 1 aliphatic heterocycles. The van der Waals surface area contributed by atoms with Gasteiger partial charge in [-0.25, -0.2) is 0 Å². The highest BCUT2D eigenvalue weighted by molar-refractivity contribution is 5.95. The molecule has 1 aromatic carbocycles. The van der Waals surface area contributed by atoms with E-state index < -0.39 is 18.0 Å². The van der Waals surface area contributed by atoms with Gasteiger partial charge >= 0.3 is 5.97 Å². The second kappa shape index (κ2) is 7.89. The van der Waals surface area contributed by atoms with Crippen molar-refractivity contribution in [2.75, 3.05) is 11.9 Å². The first kappa shape index (κ1) is 18.4. The van der Waals surface area contributed by atoms with E-state index in [4.69, 9.17) is 4.74 Å². The van der Waals surface area contributed by atoms with Crippen molar-refractivity contribution in [2.45, 2.75) is 58.1 Å². The molecular weight excluding hydrogens is 332 g/mol. The molecule has 3 rings (SSSR count). The van der Waals surface area contributed by atoms with E-state index in [1.165, 1.54) is 0 Å². The number of likely N-dealkylation sites (tertiary alicyclic amines) is 1. The molecular formula is C20H26N2O4. The lowest BCUT2D eigenvalue weighted by atomic mass is 10.1. The van der Waals surface area contributed by atoms with Crippen molar-refractivity contribution >= 4 is 23.5 Å². The van der Waals surface area contributed by atoms with Gasteiger partial charge in [0.05, 0.1) is 5.92 Å². The second-order valence-corrected chi connectivity index (χ2v) is 7.32. The van der Waals surface area contributed by atoms with E-state index >= 15 is 0 Å². The summed E-state index contributed by atoms with van der Waals surface area (Å²) in [6, 6.07) is 7.66. The summed E-state index contributed by atoms with van der Waals surface area (Å²) in [6.45, 7) is 3.93. The van der Waals surface area contributed by atoms with Crippen LogP contribution in [-0.2, 0) is 19.1 Å². The minimum atomic E-state index is -0.903. The van der Waals surface area contributed by atoms with E-state index in [9.17, 15) is 14.4 Å². The van der Waals surface area contributed by atoms with Crippen molar-refractivity contribution in [3.8, 4) is 0 Å². The first-order chi connectivity index (χ1) is 12.4. The normalized spacial score (nSPS) is 21.7. The van der Waals surface area contributed by atoms with Gasteiger partial charge in [0.25, 0.3) is 5.91 Å². The van der Waals surface area contributed by atoms with E-state index in [2.05, 4.69) is 5.32 Å². The molecule has 2 atom stereocenters. The van der Waals surface area contributed by atoms with Crippen LogP contribution in [-0.4, -0.2) is 41.4 Å². The molecule has 1 saturated heterocycles. The van der Waals surface area contributed by atoms with Gasteiger partial charge in [-0.1, -0.05) is 30.5 Å². The van der Waals surface area contributed by atoms with Gasteiger partial charge in [0, 0.05) is 24.7 Å². The fourth-order valence-electron chi connectivity index (χ4n) is 3.66. The molecule has 1 heterocycles. The monoisotopic (exact) mass is 358 g/mol. The molecule has 0 spiro atoms. The van der Waals surface area contributed by atoms with Crippen molar-refractivity contribution in [3.05, 3.63) is 29.8 Å². The molecule has 0 bridgehead atoms. The Morgan fingerprint density at radius 3 is 2.50 bits per heavy atom. The third kappa shape index (κ3) is 4.23. The van der Waals surface area contributed by atoms with Crippen LogP contribution in [0.1, 0.15) is 44.6 Å². The minimum Gasteiger partial charge on any atom is -0.452 e. The molecule has 1 aromatic rings. The lowest BCUT2D eigenvalue weighted by molar-refractivity contribution is -0.157. The Kier molecular flexibility index (Phi) is 5.59. The van der Waals surface area contributed by atoms with Crippen LogP contribution in [0, 0.1) is 12.8 Å². The number of carbonyl (C=O) groups is 3. The molecule has 140 valence electrons. The molecule has 2 aliphatic rings. The van der Waals surface area contributed by atoms with Crippen LogP contribution in [0.2, 0.25) is 0 Å². The maximum absolute atomic E-state index is 12.4. The van der Waals surface area contributed by atoms with Gasteiger partial charge in [-0.15, -0.1) is 0 Å². The maximum atomic E-state index is 12.4. The van der Waals surface area contributed by atoms with Crippen LogP contribution in [0.25, 0.3) is 0 Å². The molecule has 2 amide bonds. The Balaban J connectivity index is 1.51. The van der Waals surface area contributed by atoms with Crippen LogP contribution in [0.5, 0.6) is 0 Å². The van der Waals surface area contributed by atoms with E-state index in [-0.39, 0.29) is 24.3 Å². The molecule has 6 nitrogen and oxygen atoms in total. The molecule has 1 saturated carbocycles. The standard InChI is InChI=1S/C20H26N2O4/c1-13-7-9-16(10-8-13)21-19(24)14(2)26-20(25)15-11-18(23)22(12-15)17-5-3-4-6-17/h7-10,14-15,17H,3-6,11-12H2,1-2H3,(H,21,24)/t14-,15+/m1/s1. The fourth-order valence-corrected chi connectivity index (χ4v) is 3.66. The van der Waals surface area contributed by atoms with Crippen molar-refractivity contribution < 1.29 is 19.1 Å². The number of hydrogen-bond acceptors (Lipinski definition) is 4. The zero-order chi connectivity index (χ0) is 18.7. The van der Waals surface area contributed by atoms with E-state index in [1.54, 1.807) is 19.1 Å². The van der Waals surface area contributed by atoms with Gasteiger partial charge in [0.1, 0.15) is 0 Å². The summed E-state index contributed by atoms with van der Waals surface area (Å²) in [6.07, 6.45) is 3.59. The molecule has 0 radical (unpaired) electrons. The van der Waals surface area contributed by atoms with Crippen LogP contribution in [0.3, 0.4) is 0 Å². The van der Waals surface area contributed by atoms with E-state index in [0.717, 1.165) is 31.2 Å². The highest BCUT2D eigenvalue weighted by Crippen LogP contribution is 2.30. The van der Waals surface area contributed by atoms with Gasteiger partial charge in [0.15, 0.2) is 6.10 Å². The summed E-state index contributed by atoms with van der Waals surface area (Å²) < 4.78 is 5.32. The summed E-state index contributed by atoms with van der Waals surface area (Å²) in [7, 11) is 0. The molecule has 6 heteroatoms. The second-order valence-electron chi connectivity index (χ2n) is 7.32. The number of nitrogens with zero attached hydrogens (tertiary/aromatic N) is 1. The molecule has 1 aliphatic carbocycles. The van der Waals surface area contributed by atoms with E-state index in [0.29, 0.717) is 12.2 Å². The Morgan fingerprint density at radius 1 is 1.19 bits per heavy atom. The fraction of sp³-hybridized carbons (Fsp3) is 0.550. The Hall–Kier alpha value is -2.37. The minimum absolute atomic E-state index is 0.0237. The Morgan fingerprint density at radius 2 is 1.85 bits per heavy atom. The zero-order valence-electron chi connectivity index (χ0n) is 15.4. The molecule has 1 N–H and O–H groups in total. The highest BCUT2D eigenvalue weighted by Gasteiger charge is 2.40. The van der Waals surface area contributed by atoms with Gasteiger partial charge in [-0.05, 0) is 38.8 Å². The Labute approximate surface area is 153 Å². The number of ether oxygens (including phenoxy) is 1. The quantitative estimate of drug-likeness (QED) is 0.821. The third-order valence-electron chi connectivity index (χ3n) is 5.24. The number of anilines is 1. The van der Waals surface area contributed by atoms with Crippen molar-refractivity contribution in [1.82, 2.24) is 4.90 Å². The summed E-state index contributed by atoms with van der Waals surface area (Å²) in [4.78, 5) is 38.6. The van der Waals surface area contributed by atoms with Gasteiger partial charge in [0.2, 0.25) is 5.91 Å². The van der Waals surface area contributed by atoms with Gasteiger partial charge in [-0.2, -0.15) is 0 Å². The first-order valence-electron chi connectivity index (χ1n) is 9.31. The predicted octanol–water partition coefficient (Wildman–Crippen LogP) is 2.66. The molecule has 0 aromatic heterocycles. The Bertz CT molecular complexity index is 680. The maximum Gasteiger partial charge on any atom is 0.312 e. The average molecular weight is 358 g/mol. The average Bonchev–Trinajstić information content (AvgIpc) is 3.26. The highest BCUT2D eigenvalue weighted by atomic mass is 16.5. The SMILES string of the molecule is Cc1ccc(NC(=O)[C@@H](C)OC(=O)[C@H]2CC(=O)N(C3CCCC3)C2)cc1. The first-order valence-corrected chi connectivity index (χ1v) is 9.31. The topological polar surface area (TPSA) is 75.7 Å². The van der Waals surface area contributed by atoms with Crippen LogP contribution in [0.15, 0.2) is 24.3 Å². The van der Waals surface area contributed by atoms with Gasteiger partial charge in [-0.3, -0.25) is 14.4 Å². The summed E-state index contributed by atoms with van der Waals surface area (Å²) >= 11 is 0. The number of nitrogens with one attached hydrogen (secondary N) is 1. The number of aryl methyl sites for hydroxylation is 1. The van der Waals surface area contributed by atoms with Gasteiger partial charge < -0.3 is 15.0 Å². The number of rotatable bonds is 5. The van der Waals surface area contributed by atoms with Crippen molar-refractivity contribution in [3.63, 3.8) is 0 Å². The summed E-state index contributed by atoms with van der Waals surface area (Å²) in [5.41, 5.74) is 1.76. The number of amides is 2. The number of esters is 1. The van der Waals surface area contributed by atoms with Crippen LogP contribution < -0.4 is 5.32 Å². The van der Waals surface area contributed by atoms with Crippen LogP contribution >= 0.6 is 0 Å². The smallest absolute Gasteiger partial charge is 0.312 e. The van der Waals surface area contributed by atoms with Crippen LogP contribution in [0.4, 0.5) is 5.69 Å². The summed E-state index contributed by atoms with van der Waals surface area (Å²) in [5.74, 6) is -1.29. The third-order valence-corrected chi connectivity index (χ3v) is 5.24. The number of carbonyl (C=O) groups excluding carboxylic acids is 3. The lowest BCUT2D eigenvalue weighted by Crippen LogP contribution is -2.36. The predicted molar refractivity (Wildman–Crippen MR) is 97.4 cm³/mol. The lowest BCUT2D eigenvalue weighted by Gasteiger charge is -2.24. The molecule has 2 fully saturated rings. The largest absolute Gasteiger partial charge is 0.452 e. The molecule has 0 unspecified atom stereocenters. The number of benzene rings is 1.